The third-order valence-electron chi connectivity index (χ3n) is 2.91. The van der Waals surface area contributed by atoms with Gasteiger partial charge in [0.1, 0.15) is 12.3 Å². The van der Waals surface area contributed by atoms with Gasteiger partial charge in [0.15, 0.2) is 0 Å². The summed E-state index contributed by atoms with van der Waals surface area (Å²) in [5, 5.41) is 27.4. The summed E-state index contributed by atoms with van der Waals surface area (Å²) in [6.07, 6.45) is 3.94. The van der Waals surface area contributed by atoms with Crippen LogP contribution in [0, 0.1) is 0 Å². The lowest BCUT2D eigenvalue weighted by Crippen LogP contribution is -2.29. The number of hydrogen-bond acceptors (Lipinski definition) is 5. The Morgan fingerprint density at radius 3 is 2.94 bits per heavy atom. The standard InChI is InChI=1S/C11H15NO5/c13-6-9-8(14)4-10(17-9)12-3-1-2-7(5-12)11(15)16/h1,3,5,8-10,13-14H,2,4,6H2,(H,15,16)/t8-,9-,10-/m1/s1. The predicted octanol–water partition coefficient (Wildman–Crippen LogP) is -0.358. The smallest absolute Gasteiger partial charge is 0.333 e. The van der Waals surface area contributed by atoms with Gasteiger partial charge in [0, 0.05) is 25.2 Å². The molecule has 3 atom stereocenters. The van der Waals surface area contributed by atoms with Crippen LogP contribution < -0.4 is 0 Å². The number of ether oxygens (including phenoxy) is 1. The Labute approximate surface area is 98.4 Å². The van der Waals surface area contributed by atoms with Crippen molar-refractivity contribution >= 4 is 5.97 Å². The maximum Gasteiger partial charge on any atom is 0.333 e. The number of nitrogens with zero attached hydrogens (tertiary/aromatic N) is 1. The molecular weight excluding hydrogens is 226 g/mol. The molecule has 6 heteroatoms. The molecule has 0 saturated carbocycles. The molecule has 2 rings (SSSR count). The summed E-state index contributed by atoms with van der Waals surface area (Å²) in [5.74, 6) is -0.961. The molecule has 6 nitrogen and oxygen atoms in total. The predicted molar refractivity (Wildman–Crippen MR) is 57.7 cm³/mol. The van der Waals surface area contributed by atoms with Gasteiger partial charge in [0.2, 0.25) is 0 Å². The van der Waals surface area contributed by atoms with Crippen LogP contribution in [0.5, 0.6) is 0 Å². The van der Waals surface area contributed by atoms with E-state index in [2.05, 4.69) is 0 Å². The highest BCUT2D eigenvalue weighted by Gasteiger charge is 2.36. The molecule has 0 aromatic rings. The molecule has 0 aromatic heterocycles. The fraction of sp³-hybridized carbons (Fsp3) is 0.545. The second kappa shape index (κ2) is 4.87. The molecule has 0 radical (unpaired) electrons. The first-order valence-corrected chi connectivity index (χ1v) is 5.44. The van der Waals surface area contributed by atoms with Gasteiger partial charge in [0.25, 0.3) is 0 Å². The van der Waals surface area contributed by atoms with Crippen LogP contribution in [0.2, 0.25) is 0 Å². The van der Waals surface area contributed by atoms with E-state index in [0.717, 1.165) is 0 Å². The maximum atomic E-state index is 10.8. The molecule has 3 N–H and O–H groups in total. The van der Waals surface area contributed by atoms with E-state index in [9.17, 15) is 9.90 Å². The van der Waals surface area contributed by atoms with Crippen molar-refractivity contribution in [1.29, 1.82) is 0 Å². The van der Waals surface area contributed by atoms with E-state index in [-0.39, 0.29) is 12.2 Å². The summed E-state index contributed by atoms with van der Waals surface area (Å²) in [6.45, 7) is -0.245. The topological polar surface area (TPSA) is 90.2 Å². The molecule has 2 heterocycles. The molecule has 0 aromatic carbocycles. The van der Waals surface area contributed by atoms with Gasteiger partial charge >= 0.3 is 5.97 Å². The molecule has 0 amide bonds. The second-order valence-corrected chi connectivity index (χ2v) is 4.11. The zero-order valence-corrected chi connectivity index (χ0v) is 9.19. The Hall–Kier alpha value is -1.37. The van der Waals surface area contributed by atoms with Crippen molar-refractivity contribution < 1.29 is 24.9 Å². The summed E-state index contributed by atoms with van der Waals surface area (Å²) in [7, 11) is 0. The monoisotopic (exact) mass is 241 g/mol. The van der Waals surface area contributed by atoms with Gasteiger partial charge in [-0.15, -0.1) is 0 Å². The van der Waals surface area contributed by atoms with Gasteiger partial charge in [0.05, 0.1) is 18.3 Å². The van der Waals surface area contributed by atoms with Gasteiger partial charge in [-0.25, -0.2) is 4.79 Å². The molecule has 0 spiro atoms. The fourth-order valence-electron chi connectivity index (χ4n) is 1.96. The van der Waals surface area contributed by atoms with E-state index in [1.54, 1.807) is 17.2 Å². The van der Waals surface area contributed by atoms with Crippen LogP contribution in [0.4, 0.5) is 0 Å². The van der Waals surface area contributed by atoms with Crippen molar-refractivity contribution in [1.82, 2.24) is 4.90 Å². The third kappa shape index (κ3) is 2.49. The van der Waals surface area contributed by atoms with E-state index in [1.165, 1.54) is 6.20 Å². The minimum atomic E-state index is -0.961. The number of carbonyl (C=O) groups is 1. The minimum absolute atomic E-state index is 0.245. The number of aliphatic hydroxyl groups excluding tert-OH is 2. The molecule has 94 valence electrons. The Morgan fingerprint density at radius 2 is 2.35 bits per heavy atom. The molecule has 1 fully saturated rings. The first-order valence-electron chi connectivity index (χ1n) is 5.44. The van der Waals surface area contributed by atoms with E-state index < -0.39 is 24.4 Å². The van der Waals surface area contributed by atoms with E-state index >= 15 is 0 Å². The van der Waals surface area contributed by atoms with Crippen molar-refractivity contribution in [3.63, 3.8) is 0 Å². The van der Waals surface area contributed by atoms with E-state index in [1.807, 2.05) is 0 Å². The SMILES string of the molecule is O=C(O)C1=CN([C@H]2C[C@@H](O)[C@@H](CO)O2)C=CC1. The molecule has 2 aliphatic rings. The number of aliphatic hydroxyl groups is 2. The van der Waals surface area contributed by atoms with Gasteiger partial charge in [-0.05, 0) is 0 Å². The zero-order chi connectivity index (χ0) is 12.4. The Morgan fingerprint density at radius 1 is 1.59 bits per heavy atom. The van der Waals surface area contributed by atoms with E-state index in [0.29, 0.717) is 12.8 Å². The van der Waals surface area contributed by atoms with Crippen molar-refractivity contribution in [3.8, 4) is 0 Å². The quantitative estimate of drug-likeness (QED) is 0.625. The fourth-order valence-corrected chi connectivity index (χ4v) is 1.96. The Balaban J connectivity index is 2.06. The van der Waals surface area contributed by atoms with E-state index in [4.69, 9.17) is 14.9 Å². The molecule has 2 aliphatic heterocycles. The van der Waals surface area contributed by atoms with Crippen LogP contribution >= 0.6 is 0 Å². The highest BCUT2D eigenvalue weighted by molar-refractivity contribution is 5.87. The number of hydrogen-bond donors (Lipinski definition) is 3. The molecule has 0 unspecified atom stereocenters. The summed E-state index contributed by atoms with van der Waals surface area (Å²) < 4.78 is 5.43. The largest absolute Gasteiger partial charge is 0.478 e. The van der Waals surface area contributed by atoms with Crippen LogP contribution in [-0.2, 0) is 9.53 Å². The molecule has 0 aliphatic carbocycles. The van der Waals surface area contributed by atoms with Gasteiger partial charge < -0.3 is 25.0 Å². The number of rotatable bonds is 3. The molecular formula is C11H15NO5. The van der Waals surface area contributed by atoms with Gasteiger partial charge in [-0.3, -0.25) is 0 Å². The van der Waals surface area contributed by atoms with Crippen LogP contribution in [0.1, 0.15) is 12.8 Å². The zero-order valence-electron chi connectivity index (χ0n) is 9.19. The number of carboxylic acid groups (broad SMARTS) is 1. The minimum Gasteiger partial charge on any atom is -0.478 e. The van der Waals surface area contributed by atoms with Crippen LogP contribution in [0.25, 0.3) is 0 Å². The lowest BCUT2D eigenvalue weighted by Gasteiger charge is -2.26. The van der Waals surface area contributed by atoms with Crippen LogP contribution in [0.3, 0.4) is 0 Å². The lowest BCUT2D eigenvalue weighted by molar-refractivity contribution is -0.132. The normalized spacial score (nSPS) is 32.7. The van der Waals surface area contributed by atoms with Gasteiger partial charge in [-0.1, -0.05) is 6.08 Å². The average molecular weight is 241 g/mol. The first-order chi connectivity index (χ1) is 8.11. The second-order valence-electron chi connectivity index (χ2n) is 4.11. The summed E-state index contributed by atoms with van der Waals surface area (Å²) in [6, 6.07) is 0. The van der Waals surface area contributed by atoms with Crippen molar-refractivity contribution in [3.05, 3.63) is 24.0 Å². The number of aliphatic carboxylic acids is 1. The Bertz CT molecular complexity index is 365. The van der Waals surface area contributed by atoms with Crippen molar-refractivity contribution in [2.45, 2.75) is 31.3 Å². The lowest BCUT2D eigenvalue weighted by atomic mass is 10.1. The van der Waals surface area contributed by atoms with Gasteiger partial charge in [-0.2, -0.15) is 0 Å². The Kier molecular flexibility index (Phi) is 3.46. The third-order valence-corrected chi connectivity index (χ3v) is 2.91. The molecule has 17 heavy (non-hydrogen) atoms. The van der Waals surface area contributed by atoms with Crippen LogP contribution in [-0.4, -0.2) is 51.2 Å². The maximum absolute atomic E-state index is 10.8. The molecule has 1 saturated heterocycles. The summed E-state index contributed by atoms with van der Waals surface area (Å²) >= 11 is 0. The van der Waals surface area contributed by atoms with Crippen LogP contribution in [0.15, 0.2) is 24.0 Å². The number of allylic oxidation sites excluding steroid dienone is 1. The van der Waals surface area contributed by atoms with Crippen molar-refractivity contribution in [2.75, 3.05) is 6.61 Å². The highest BCUT2D eigenvalue weighted by atomic mass is 16.5. The summed E-state index contributed by atoms with van der Waals surface area (Å²) in [4.78, 5) is 12.5. The first kappa shape index (κ1) is 12.1. The van der Waals surface area contributed by atoms with Crippen molar-refractivity contribution in [2.24, 2.45) is 0 Å². The average Bonchev–Trinajstić information content (AvgIpc) is 2.71. The summed E-state index contributed by atoms with van der Waals surface area (Å²) in [5.41, 5.74) is 0.276. The number of carboxylic acids is 1. The highest BCUT2D eigenvalue weighted by Crippen LogP contribution is 2.26. The molecule has 0 bridgehead atoms.